The van der Waals surface area contributed by atoms with Gasteiger partial charge >= 0.3 is 0 Å². The molecule has 0 spiro atoms. The molecule has 0 bridgehead atoms. The highest BCUT2D eigenvalue weighted by atomic mass is 79.9. The van der Waals surface area contributed by atoms with Crippen LogP contribution in [0.15, 0.2) is 26.0 Å². The SMILES string of the molecule is Clc1cncc2nnc(-c3cc(Br)sc3Br)n12. The molecule has 0 aromatic carbocycles. The van der Waals surface area contributed by atoms with Crippen LogP contribution in [-0.4, -0.2) is 19.6 Å². The zero-order valence-electron chi connectivity index (χ0n) is 8.06. The molecule has 0 fully saturated rings. The molecular formula is C9H3Br2ClN4S. The third kappa shape index (κ3) is 1.91. The van der Waals surface area contributed by atoms with Gasteiger partial charge in [-0.15, -0.1) is 21.5 Å². The number of nitrogens with zero attached hydrogens (tertiary/aromatic N) is 4. The van der Waals surface area contributed by atoms with Gasteiger partial charge in [-0.2, -0.15) is 0 Å². The summed E-state index contributed by atoms with van der Waals surface area (Å²) in [5.41, 5.74) is 1.57. The minimum absolute atomic E-state index is 0.483. The number of hydrogen-bond acceptors (Lipinski definition) is 4. The van der Waals surface area contributed by atoms with Crippen molar-refractivity contribution in [2.24, 2.45) is 0 Å². The van der Waals surface area contributed by atoms with Crippen LogP contribution < -0.4 is 0 Å². The molecule has 0 saturated carbocycles. The molecular weight excluding hydrogens is 391 g/mol. The Balaban J connectivity index is 2.35. The minimum Gasteiger partial charge on any atom is -0.262 e. The second-order valence-electron chi connectivity index (χ2n) is 3.19. The maximum atomic E-state index is 6.11. The van der Waals surface area contributed by atoms with Crippen LogP contribution in [0.3, 0.4) is 0 Å². The van der Waals surface area contributed by atoms with Crippen LogP contribution in [0.2, 0.25) is 5.15 Å². The average Bonchev–Trinajstić information content (AvgIpc) is 2.83. The number of halogens is 3. The van der Waals surface area contributed by atoms with E-state index in [-0.39, 0.29) is 0 Å². The number of fused-ring (bicyclic) bond motifs is 1. The molecule has 0 unspecified atom stereocenters. The Kier molecular flexibility index (Phi) is 2.94. The summed E-state index contributed by atoms with van der Waals surface area (Å²) in [6.45, 7) is 0. The van der Waals surface area contributed by atoms with Gasteiger partial charge < -0.3 is 0 Å². The molecule has 0 radical (unpaired) electrons. The molecule has 3 aromatic heterocycles. The highest BCUT2D eigenvalue weighted by Crippen LogP contribution is 2.38. The van der Waals surface area contributed by atoms with Crippen LogP contribution in [0, 0.1) is 0 Å². The third-order valence-electron chi connectivity index (χ3n) is 2.17. The second kappa shape index (κ2) is 4.31. The van der Waals surface area contributed by atoms with Gasteiger partial charge in [-0.1, -0.05) is 11.6 Å². The Morgan fingerprint density at radius 2 is 2.06 bits per heavy atom. The lowest BCUT2D eigenvalue weighted by atomic mass is 10.3. The van der Waals surface area contributed by atoms with Crippen molar-refractivity contribution in [3.8, 4) is 11.4 Å². The summed E-state index contributed by atoms with van der Waals surface area (Å²) in [7, 11) is 0. The van der Waals surface area contributed by atoms with Gasteiger partial charge in [0, 0.05) is 5.56 Å². The van der Waals surface area contributed by atoms with Gasteiger partial charge in [0.05, 0.1) is 20.0 Å². The van der Waals surface area contributed by atoms with E-state index in [0.29, 0.717) is 16.6 Å². The van der Waals surface area contributed by atoms with Crippen molar-refractivity contribution < 1.29 is 0 Å². The van der Waals surface area contributed by atoms with Crippen LogP contribution >= 0.6 is 54.8 Å². The van der Waals surface area contributed by atoms with E-state index in [2.05, 4.69) is 47.0 Å². The van der Waals surface area contributed by atoms with E-state index in [1.54, 1.807) is 28.1 Å². The van der Waals surface area contributed by atoms with Gasteiger partial charge in [0.15, 0.2) is 11.5 Å². The zero-order valence-corrected chi connectivity index (χ0v) is 12.8. The van der Waals surface area contributed by atoms with Gasteiger partial charge in [-0.3, -0.25) is 9.38 Å². The second-order valence-corrected chi connectivity index (χ2v) is 7.32. The highest BCUT2D eigenvalue weighted by Gasteiger charge is 2.15. The summed E-state index contributed by atoms with van der Waals surface area (Å²) < 4.78 is 3.75. The van der Waals surface area contributed by atoms with E-state index in [1.807, 2.05) is 6.07 Å². The highest BCUT2D eigenvalue weighted by molar-refractivity contribution is 9.12. The van der Waals surface area contributed by atoms with Crippen LogP contribution in [-0.2, 0) is 0 Å². The van der Waals surface area contributed by atoms with Crippen molar-refractivity contribution >= 4 is 60.4 Å². The molecule has 86 valence electrons. The van der Waals surface area contributed by atoms with E-state index in [1.165, 1.54) is 0 Å². The number of aromatic nitrogens is 4. The average molecular weight is 394 g/mol. The summed E-state index contributed by atoms with van der Waals surface area (Å²) in [6, 6.07) is 1.97. The van der Waals surface area contributed by atoms with Gasteiger partial charge in [-0.05, 0) is 37.9 Å². The molecule has 3 heterocycles. The molecule has 3 rings (SSSR count). The third-order valence-corrected chi connectivity index (χ3v) is 4.78. The predicted molar refractivity (Wildman–Crippen MR) is 74.5 cm³/mol. The first-order valence-corrected chi connectivity index (χ1v) is 7.24. The summed E-state index contributed by atoms with van der Waals surface area (Å²) in [4.78, 5) is 3.97. The van der Waals surface area contributed by atoms with Gasteiger partial charge in [0.1, 0.15) is 5.15 Å². The molecule has 8 heteroatoms. The van der Waals surface area contributed by atoms with Gasteiger partial charge in [0.25, 0.3) is 0 Å². The van der Waals surface area contributed by atoms with Crippen molar-refractivity contribution in [2.75, 3.05) is 0 Å². The molecule has 0 saturated heterocycles. The lowest BCUT2D eigenvalue weighted by Gasteiger charge is -1.99. The largest absolute Gasteiger partial charge is 0.262 e. The van der Waals surface area contributed by atoms with E-state index >= 15 is 0 Å². The summed E-state index contributed by atoms with van der Waals surface area (Å²) in [6.07, 6.45) is 3.19. The van der Waals surface area contributed by atoms with E-state index < -0.39 is 0 Å². The standard InChI is InChI=1S/C9H3Br2ClN4S/c10-5-1-4(8(11)17-5)9-15-14-7-3-13-2-6(12)16(7)9/h1-3H. The molecule has 0 aliphatic rings. The van der Waals surface area contributed by atoms with Crippen LogP contribution in [0.1, 0.15) is 0 Å². The maximum absolute atomic E-state index is 6.11. The van der Waals surface area contributed by atoms with Crippen LogP contribution in [0.5, 0.6) is 0 Å². The van der Waals surface area contributed by atoms with Crippen molar-refractivity contribution in [3.63, 3.8) is 0 Å². The number of rotatable bonds is 1. The fraction of sp³-hybridized carbons (Fsp3) is 0. The molecule has 17 heavy (non-hydrogen) atoms. The zero-order chi connectivity index (χ0) is 12.0. The lowest BCUT2D eigenvalue weighted by Crippen LogP contribution is -1.91. The summed E-state index contributed by atoms with van der Waals surface area (Å²) in [5.74, 6) is 0.696. The van der Waals surface area contributed by atoms with Gasteiger partial charge in [-0.25, -0.2) is 0 Å². The Morgan fingerprint density at radius 1 is 1.24 bits per heavy atom. The monoisotopic (exact) mass is 392 g/mol. The smallest absolute Gasteiger partial charge is 0.180 e. The van der Waals surface area contributed by atoms with E-state index in [4.69, 9.17) is 11.6 Å². The Morgan fingerprint density at radius 3 is 2.76 bits per heavy atom. The van der Waals surface area contributed by atoms with E-state index in [9.17, 15) is 0 Å². The lowest BCUT2D eigenvalue weighted by molar-refractivity contribution is 1.11. The molecule has 0 aliphatic carbocycles. The first-order chi connectivity index (χ1) is 8.16. The van der Waals surface area contributed by atoms with Crippen molar-refractivity contribution in [3.05, 3.63) is 31.2 Å². The van der Waals surface area contributed by atoms with Crippen molar-refractivity contribution in [1.29, 1.82) is 0 Å². The molecule has 0 N–H and O–H groups in total. The molecule has 0 amide bonds. The summed E-state index contributed by atoms with van der Waals surface area (Å²) in [5, 5.41) is 8.67. The van der Waals surface area contributed by atoms with Crippen molar-refractivity contribution in [2.45, 2.75) is 0 Å². The normalized spacial score (nSPS) is 11.2. The van der Waals surface area contributed by atoms with E-state index in [0.717, 1.165) is 13.1 Å². The number of thiophene rings is 1. The maximum Gasteiger partial charge on any atom is 0.180 e. The van der Waals surface area contributed by atoms with Gasteiger partial charge in [0.2, 0.25) is 0 Å². The molecule has 4 nitrogen and oxygen atoms in total. The fourth-order valence-electron chi connectivity index (χ4n) is 1.48. The molecule has 3 aromatic rings. The summed E-state index contributed by atoms with van der Waals surface area (Å²) >= 11 is 14.6. The molecule has 0 aliphatic heterocycles. The minimum atomic E-state index is 0.483. The predicted octanol–water partition coefficient (Wildman–Crippen LogP) is 4.03. The van der Waals surface area contributed by atoms with Crippen molar-refractivity contribution in [1.82, 2.24) is 19.6 Å². The fourth-order valence-corrected chi connectivity index (χ4v) is 4.49. The Hall–Kier alpha value is -0.500. The Bertz CT molecular complexity index is 708. The Labute approximate surface area is 122 Å². The quantitative estimate of drug-likeness (QED) is 0.626. The molecule has 0 atom stereocenters. The number of hydrogen-bond donors (Lipinski definition) is 0. The van der Waals surface area contributed by atoms with Crippen LogP contribution in [0.25, 0.3) is 17.0 Å². The first kappa shape index (κ1) is 11.6. The first-order valence-electron chi connectivity index (χ1n) is 4.46. The topological polar surface area (TPSA) is 43.1 Å². The van der Waals surface area contributed by atoms with Crippen LogP contribution in [0.4, 0.5) is 0 Å².